The summed E-state index contributed by atoms with van der Waals surface area (Å²) in [6.45, 7) is 1.86. The van der Waals surface area contributed by atoms with Gasteiger partial charge in [0, 0.05) is 16.0 Å². The van der Waals surface area contributed by atoms with Gasteiger partial charge in [-0.2, -0.15) is 0 Å². The fourth-order valence-corrected chi connectivity index (χ4v) is 2.41. The highest BCUT2D eigenvalue weighted by Crippen LogP contribution is 2.30. The largest absolute Gasteiger partial charge is 0.228 e. The van der Waals surface area contributed by atoms with E-state index >= 15 is 0 Å². The van der Waals surface area contributed by atoms with Gasteiger partial charge in [-0.1, -0.05) is 35.3 Å². The van der Waals surface area contributed by atoms with Crippen molar-refractivity contribution in [1.29, 1.82) is 0 Å². The Labute approximate surface area is 125 Å². The molecule has 0 bridgehead atoms. The van der Waals surface area contributed by atoms with E-state index in [-0.39, 0.29) is 5.82 Å². The molecule has 0 aliphatic rings. The lowest BCUT2D eigenvalue weighted by atomic mass is 10.1. The highest BCUT2D eigenvalue weighted by atomic mass is 35.5. The van der Waals surface area contributed by atoms with Crippen molar-refractivity contribution in [3.63, 3.8) is 0 Å². The molecule has 1 aromatic heterocycles. The number of aryl methyl sites for hydroxylation is 1. The van der Waals surface area contributed by atoms with Crippen molar-refractivity contribution in [3.05, 3.63) is 58.0 Å². The molecule has 5 heteroatoms. The third-order valence-electron chi connectivity index (χ3n) is 3.09. The maximum Gasteiger partial charge on any atom is 0.161 e. The molecule has 3 aromatic rings. The van der Waals surface area contributed by atoms with Gasteiger partial charge < -0.3 is 0 Å². The van der Waals surface area contributed by atoms with E-state index in [0.29, 0.717) is 27.1 Å². The van der Waals surface area contributed by atoms with Crippen molar-refractivity contribution in [3.8, 4) is 11.4 Å². The average molecular weight is 307 g/mol. The van der Waals surface area contributed by atoms with Crippen molar-refractivity contribution in [2.45, 2.75) is 6.92 Å². The van der Waals surface area contributed by atoms with E-state index in [4.69, 9.17) is 23.2 Å². The Morgan fingerprint density at radius 2 is 1.85 bits per heavy atom. The van der Waals surface area contributed by atoms with Crippen LogP contribution < -0.4 is 0 Å². The predicted octanol–water partition coefficient (Wildman–Crippen LogP) is 5.05. The summed E-state index contributed by atoms with van der Waals surface area (Å²) in [5.41, 5.74) is 2.08. The topological polar surface area (TPSA) is 25.8 Å². The standard InChI is InChI=1S/C15H9Cl2FN2/c1-8-12(16)6-5-11-13(8)19-15(20-14(11)17)9-3-2-4-10(18)7-9/h2-7H,1H3. The molecule has 0 aliphatic carbocycles. The zero-order valence-corrected chi connectivity index (χ0v) is 12.0. The summed E-state index contributed by atoms with van der Waals surface area (Å²) in [6, 6.07) is 9.63. The van der Waals surface area contributed by atoms with Gasteiger partial charge in [-0.3, -0.25) is 0 Å². The minimum absolute atomic E-state index is 0.328. The van der Waals surface area contributed by atoms with E-state index in [1.807, 2.05) is 6.92 Å². The van der Waals surface area contributed by atoms with E-state index in [9.17, 15) is 4.39 Å². The van der Waals surface area contributed by atoms with Crippen LogP contribution in [0.5, 0.6) is 0 Å². The molecule has 0 radical (unpaired) electrons. The van der Waals surface area contributed by atoms with Crippen LogP contribution in [0.2, 0.25) is 10.2 Å². The first-order valence-electron chi connectivity index (χ1n) is 5.94. The van der Waals surface area contributed by atoms with Crippen molar-refractivity contribution in [2.24, 2.45) is 0 Å². The maximum atomic E-state index is 13.3. The summed E-state index contributed by atoms with van der Waals surface area (Å²) >= 11 is 12.3. The summed E-state index contributed by atoms with van der Waals surface area (Å²) in [4.78, 5) is 8.69. The Hall–Kier alpha value is -1.71. The Balaban J connectivity index is 2.31. The lowest BCUT2D eigenvalue weighted by Crippen LogP contribution is -1.94. The van der Waals surface area contributed by atoms with Gasteiger partial charge in [0.2, 0.25) is 0 Å². The second-order valence-corrected chi connectivity index (χ2v) is 5.18. The monoisotopic (exact) mass is 306 g/mol. The van der Waals surface area contributed by atoms with Crippen molar-refractivity contribution in [1.82, 2.24) is 9.97 Å². The van der Waals surface area contributed by atoms with Gasteiger partial charge in [-0.25, -0.2) is 14.4 Å². The molecular weight excluding hydrogens is 298 g/mol. The number of fused-ring (bicyclic) bond motifs is 1. The average Bonchev–Trinajstić information content (AvgIpc) is 2.43. The normalized spacial score (nSPS) is 11.0. The van der Waals surface area contributed by atoms with Gasteiger partial charge in [-0.15, -0.1) is 0 Å². The third kappa shape index (κ3) is 2.23. The summed E-state index contributed by atoms with van der Waals surface area (Å²) in [5.74, 6) is 0.0394. The van der Waals surface area contributed by atoms with Gasteiger partial charge in [0.15, 0.2) is 5.82 Å². The number of halogens is 3. The fourth-order valence-electron chi connectivity index (χ4n) is 2.03. The molecule has 2 nitrogen and oxygen atoms in total. The summed E-state index contributed by atoms with van der Waals surface area (Å²) in [7, 11) is 0. The minimum Gasteiger partial charge on any atom is -0.228 e. The molecule has 0 saturated carbocycles. The summed E-state index contributed by atoms with van der Waals surface area (Å²) in [6.07, 6.45) is 0. The van der Waals surface area contributed by atoms with Crippen LogP contribution >= 0.6 is 23.2 Å². The molecule has 0 unspecified atom stereocenters. The van der Waals surface area contributed by atoms with Gasteiger partial charge in [0.05, 0.1) is 5.52 Å². The van der Waals surface area contributed by atoms with E-state index in [0.717, 1.165) is 10.9 Å². The van der Waals surface area contributed by atoms with E-state index in [1.165, 1.54) is 12.1 Å². The number of hydrogen-bond acceptors (Lipinski definition) is 2. The molecule has 20 heavy (non-hydrogen) atoms. The van der Waals surface area contributed by atoms with Crippen LogP contribution in [0.25, 0.3) is 22.3 Å². The summed E-state index contributed by atoms with van der Waals surface area (Å²) in [5, 5.41) is 1.67. The second kappa shape index (κ2) is 5.00. The molecule has 0 atom stereocenters. The Morgan fingerprint density at radius 3 is 2.60 bits per heavy atom. The quantitative estimate of drug-likeness (QED) is 0.588. The Morgan fingerprint density at radius 1 is 1.05 bits per heavy atom. The zero-order chi connectivity index (χ0) is 14.3. The number of rotatable bonds is 1. The van der Waals surface area contributed by atoms with Gasteiger partial charge in [0.1, 0.15) is 11.0 Å². The molecule has 0 amide bonds. The second-order valence-electron chi connectivity index (χ2n) is 4.42. The molecule has 2 aromatic carbocycles. The predicted molar refractivity (Wildman–Crippen MR) is 79.7 cm³/mol. The Bertz CT molecular complexity index is 818. The zero-order valence-electron chi connectivity index (χ0n) is 10.5. The smallest absolute Gasteiger partial charge is 0.161 e. The molecule has 0 fully saturated rings. The van der Waals surface area contributed by atoms with Crippen molar-refractivity contribution >= 4 is 34.1 Å². The first-order chi connectivity index (χ1) is 9.56. The van der Waals surface area contributed by atoms with E-state index in [2.05, 4.69) is 9.97 Å². The number of nitrogens with zero attached hydrogens (tertiary/aromatic N) is 2. The molecule has 0 spiro atoms. The van der Waals surface area contributed by atoms with Gasteiger partial charge >= 0.3 is 0 Å². The van der Waals surface area contributed by atoms with Crippen LogP contribution in [0.15, 0.2) is 36.4 Å². The molecule has 1 heterocycles. The third-order valence-corrected chi connectivity index (χ3v) is 3.79. The van der Waals surface area contributed by atoms with E-state index in [1.54, 1.807) is 24.3 Å². The van der Waals surface area contributed by atoms with Crippen LogP contribution in [-0.4, -0.2) is 9.97 Å². The lowest BCUT2D eigenvalue weighted by molar-refractivity contribution is 0.628. The molecule has 100 valence electrons. The van der Waals surface area contributed by atoms with Crippen LogP contribution in [-0.2, 0) is 0 Å². The van der Waals surface area contributed by atoms with Crippen molar-refractivity contribution in [2.75, 3.05) is 0 Å². The molecule has 0 N–H and O–H groups in total. The van der Waals surface area contributed by atoms with Crippen molar-refractivity contribution < 1.29 is 4.39 Å². The molecule has 0 saturated heterocycles. The molecule has 3 rings (SSSR count). The lowest BCUT2D eigenvalue weighted by Gasteiger charge is -2.08. The van der Waals surface area contributed by atoms with Crippen LogP contribution in [0, 0.1) is 12.7 Å². The highest BCUT2D eigenvalue weighted by molar-refractivity contribution is 6.35. The SMILES string of the molecule is Cc1c(Cl)ccc2c(Cl)nc(-c3cccc(F)c3)nc12. The number of benzene rings is 2. The number of aromatic nitrogens is 2. The van der Waals surface area contributed by atoms with Crippen LogP contribution in [0.3, 0.4) is 0 Å². The first-order valence-corrected chi connectivity index (χ1v) is 6.70. The minimum atomic E-state index is -0.342. The molecule has 0 aliphatic heterocycles. The Kier molecular flexibility index (Phi) is 3.32. The molecular formula is C15H9Cl2FN2. The van der Waals surface area contributed by atoms with Gasteiger partial charge in [0.25, 0.3) is 0 Å². The van der Waals surface area contributed by atoms with E-state index < -0.39 is 0 Å². The highest BCUT2D eigenvalue weighted by Gasteiger charge is 2.11. The van der Waals surface area contributed by atoms with Gasteiger partial charge in [-0.05, 0) is 36.8 Å². The van der Waals surface area contributed by atoms with Crippen LogP contribution in [0.1, 0.15) is 5.56 Å². The first kappa shape index (κ1) is 13.3. The maximum absolute atomic E-state index is 13.3. The summed E-state index contributed by atoms with van der Waals surface area (Å²) < 4.78 is 13.3. The fraction of sp³-hybridized carbons (Fsp3) is 0.0667. The number of hydrogen-bond donors (Lipinski definition) is 0. The van der Waals surface area contributed by atoms with Crippen LogP contribution in [0.4, 0.5) is 4.39 Å².